The maximum Gasteiger partial charge on any atom is 0.127 e. The number of hydrogen-bond donors (Lipinski definition) is 3. The van der Waals surface area contributed by atoms with Gasteiger partial charge in [0.15, 0.2) is 0 Å². The molecule has 2 aromatic carbocycles. The van der Waals surface area contributed by atoms with E-state index in [4.69, 9.17) is 9.72 Å². The molecule has 1 aromatic heterocycles. The van der Waals surface area contributed by atoms with E-state index in [2.05, 4.69) is 60.0 Å². The molecule has 1 aliphatic heterocycles. The fourth-order valence-electron chi connectivity index (χ4n) is 3.58. The number of aryl methyl sites for hydroxylation is 1. The van der Waals surface area contributed by atoms with Crippen molar-refractivity contribution in [3.63, 3.8) is 0 Å². The van der Waals surface area contributed by atoms with Gasteiger partial charge in [0.1, 0.15) is 5.82 Å². The van der Waals surface area contributed by atoms with Gasteiger partial charge in [0.25, 0.3) is 0 Å². The van der Waals surface area contributed by atoms with Crippen LogP contribution in [0.1, 0.15) is 17.7 Å². The van der Waals surface area contributed by atoms with Crippen LogP contribution >= 0.6 is 0 Å². The Bertz CT molecular complexity index is 1030. The number of aliphatic hydroxyl groups excluding tert-OH is 1. The molecule has 0 unspecified atom stereocenters. The molecule has 0 amide bonds. The van der Waals surface area contributed by atoms with Gasteiger partial charge in [-0.3, -0.25) is 0 Å². The second-order valence-corrected chi connectivity index (χ2v) is 7.35. The number of para-hydroxylation sites is 1. The van der Waals surface area contributed by atoms with Crippen LogP contribution in [-0.2, 0) is 4.74 Å². The van der Waals surface area contributed by atoms with Crippen molar-refractivity contribution in [2.75, 3.05) is 37.0 Å². The van der Waals surface area contributed by atoms with E-state index in [1.165, 1.54) is 11.1 Å². The number of aliphatic hydroxyl groups is 1. The number of aromatic nitrogens is 1. The van der Waals surface area contributed by atoms with Crippen LogP contribution in [0.3, 0.4) is 0 Å². The molecule has 5 heteroatoms. The summed E-state index contributed by atoms with van der Waals surface area (Å²) in [6.45, 7) is 3.99. The Morgan fingerprint density at radius 3 is 2.67 bits per heavy atom. The first kappa shape index (κ1) is 20.1. The number of benzene rings is 2. The minimum atomic E-state index is 0.0628. The highest BCUT2D eigenvalue weighted by atomic mass is 16.5. The monoisotopic (exact) mass is 401 g/mol. The first-order valence-electron chi connectivity index (χ1n) is 10.3. The molecule has 4 rings (SSSR count). The highest BCUT2D eigenvalue weighted by molar-refractivity contribution is 5.78. The molecular weight excluding hydrogens is 374 g/mol. The lowest BCUT2D eigenvalue weighted by atomic mass is 9.97. The first-order chi connectivity index (χ1) is 14.7. The Hall–Kier alpha value is -3.15. The lowest BCUT2D eigenvalue weighted by molar-refractivity contribution is 0.161. The van der Waals surface area contributed by atoms with E-state index in [1.54, 1.807) is 0 Å². The van der Waals surface area contributed by atoms with Crippen molar-refractivity contribution in [2.45, 2.75) is 13.3 Å². The van der Waals surface area contributed by atoms with Crippen LogP contribution in [0.25, 0.3) is 16.7 Å². The average molecular weight is 402 g/mol. The second-order valence-electron chi connectivity index (χ2n) is 7.35. The molecule has 0 saturated carbocycles. The predicted molar refractivity (Wildman–Crippen MR) is 123 cm³/mol. The quantitative estimate of drug-likeness (QED) is 0.519. The summed E-state index contributed by atoms with van der Waals surface area (Å²) in [7, 11) is 0. The van der Waals surface area contributed by atoms with Crippen LogP contribution in [-0.4, -0.2) is 36.5 Å². The van der Waals surface area contributed by atoms with E-state index in [1.807, 2.05) is 24.3 Å². The molecule has 0 fully saturated rings. The molecule has 0 spiro atoms. The van der Waals surface area contributed by atoms with Crippen molar-refractivity contribution >= 4 is 22.8 Å². The predicted octanol–water partition coefficient (Wildman–Crippen LogP) is 5.01. The molecule has 0 bridgehead atoms. The molecular formula is C25H27N3O2. The summed E-state index contributed by atoms with van der Waals surface area (Å²) in [5, 5.41) is 15.9. The zero-order chi connectivity index (χ0) is 20.8. The number of ether oxygens (including phenoxy) is 1. The van der Waals surface area contributed by atoms with Crippen LogP contribution < -0.4 is 10.6 Å². The lowest BCUT2D eigenvalue weighted by Crippen LogP contribution is -2.10. The Labute approximate surface area is 177 Å². The van der Waals surface area contributed by atoms with Crippen molar-refractivity contribution < 1.29 is 9.84 Å². The molecule has 5 nitrogen and oxygen atoms in total. The number of pyridine rings is 1. The zero-order valence-electron chi connectivity index (χ0n) is 17.2. The topological polar surface area (TPSA) is 66.4 Å². The van der Waals surface area contributed by atoms with Gasteiger partial charge in [0.05, 0.1) is 25.5 Å². The lowest BCUT2D eigenvalue weighted by Gasteiger charge is -2.17. The fourth-order valence-corrected chi connectivity index (χ4v) is 3.58. The van der Waals surface area contributed by atoms with Gasteiger partial charge in [0, 0.05) is 17.9 Å². The van der Waals surface area contributed by atoms with Crippen molar-refractivity contribution in [1.29, 1.82) is 0 Å². The summed E-state index contributed by atoms with van der Waals surface area (Å²) in [6.07, 6.45) is 2.95. The zero-order valence-corrected chi connectivity index (χ0v) is 17.2. The maximum atomic E-state index is 9.23. The molecule has 3 aromatic rings. The summed E-state index contributed by atoms with van der Waals surface area (Å²) >= 11 is 0. The van der Waals surface area contributed by atoms with E-state index in [0.717, 1.165) is 40.4 Å². The van der Waals surface area contributed by atoms with E-state index in [0.29, 0.717) is 19.8 Å². The molecule has 0 aliphatic carbocycles. The third kappa shape index (κ3) is 4.87. The van der Waals surface area contributed by atoms with Gasteiger partial charge in [-0.15, -0.1) is 0 Å². The van der Waals surface area contributed by atoms with Crippen LogP contribution in [0, 0.1) is 6.92 Å². The molecule has 30 heavy (non-hydrogen) atoms. The molecule has 3 N–H and O–H groups in total. The number of nitrogens with zero attached hydrogens (tertiary/aromatic N) is 1. The standard InChI is InChI=1S/C25H27N3O2/c1-18-7-8-22(27-21-5-3-2-4-6-21)17-23(18)20-15-24(19-9-13-30-14-10-19)28-25(16-20)26-11-12-29/h2-9,15-17,27,29H,10-14H2,1H3,(H,26,28). The van der Waals surface area contributed by atoms with Gasteiger partial charge < -0.3 is 20.5 Å². The molecule has 0 saturated heterocycles. The summed E-state index contributed by atoms with van der Waals surface area (Å²) in [4.78, 5) is 4.78. The van der Waals surface area contributed by atoms with Gasteiger partial charge >= 0.3 is 0 Å². The molecule has 0 atom stereocenters. The van der Waals surface area contributed by atoms with Crippen molar-refractivity contribution in [2.24, 2.45) is 0 Å². The van der Waals surface area contributed by atoms with Crippen LogP contribution in [0.2, 0.25) is 0 Å². The number of rotatable bonds is 7. The minimum Gasteiger partial charge on any atom is -0.395 e. The van der Waals surface area contributed by atoms with Crippen molar-refractivity contribution in [3.8, 4) is 11.1 Å². The second kappa shape index (κ2) is 9.57. The van der Waals surface area contributed by atoms with Gasteiger partial charge in [-0.05, 0) is 72.0 Å². The number of nitrogens with one attached hydrogen (secondary N) is 2. The Kier molecular flexibility index (Phi) is 6.42. The third-order valence-electron chi connectivity index (χ3n) is 5.15. The molecule has 154 valence electrons. The summed E-state index contributed by atoms with van der Waals surface area (Å²) in [5.41, 5.74) is 7.69. The van der Waals surface area contributed by atoms with Crippen molar-refractivity contribution in [3.05, 3.63) is 78.0 Å². The molecule has 1 aliphatic rings. The van der Waals surface area contributed by atoms with Gasteiger partial charge in [0.2, 0.25) is 0 Å². The smallest absolute Gasteiger partial charge is 0.127 e. The Morgan fingerprint density at radius 1 is 1.03 bits per heavy atom. The first-order valence-corrected chi connectivity index (χ1v) is 10.3. The Morgan fingerprint density at radius 2 is 1.90 bits per heavy atom. The average Bonchev–Trinajstić information content (AvgIpc) is 2.80. The summed E-state index contributed by atoms with van der Waals surface area (Å²) < 4.78 is 5.46. The van der Waals surface area contributed by atoms with E-state index in [-0.39, 0.29) is 6.61 Å². The van der Waals surface area contributed by atoms with Crippen LogP contribution in [0.4, 0.5) is 17.2 Å². The molecule has 2 heterocycles. The minimum absolute atomic E-state index is 0.0628. The molecule has 0 radical (unpaired) electrons. The van der Waals surface area contributed by atoms with E-state index in [9.17, 15) is 5.11 Å². The highest BCUT2D eigenvalue weighted by Crippen LogP contribution is 2.32. The number of hydrogen-bond acceptors (Lipinski definition) is 5. The third-order valence-corrected chi connectivity index (χ3v) is 5.15. The SMILES string of the molecule is Cc1ccc(Nc2ccccc2)cc1-c1cc(NCCO)nc(C2=CCOCC2)c1. The maximum absolute atomic E-state index is 9.23. The number of anilines is 3. The van der Waals surface area contributed by atoms with Crippen LogP contribution in [0.15, 0.2) is 66.7 Å². The largest absolute Gasteiger partial charge is 0.395 e. The summed E-state index contributed by atoms with van der Waals surface area (Å²) in [5.74, 6) is 0.768. The fraction of sp³-hybridized carbons (Fsp3) is 0.240. The summed E-state index contributed by atoms with van der Waals surface area (Å²) in [6, 6.07) is 20.8. The van der Waals surface area contributed by atoms with Gasteiger partial charge in [-0.1, -0.05) is 30.3 Å². The van der Waals surface area contributed by atoms with Crippen LogP contribution in [0.5, 0.6) is 0 Å². The van der Waals surface area contributed by atoms with E-state index < -0.39 is 0 Å². The van der Waals surface area contributed by atoms with Gasteiger partial charge in [-0.2, -0.15) is 0 Å². The van der Waals surface area contributed by atoms with Crippen molar-refractivity contribution in [1.82, 2.24) is 4.98 Å². The highest BCUT2D eigenvalue weighted by Gasteiger charge is 2.13. The van der Waals surface area contributed by atoms with E-state index >= 15 is 0 Å². The normalized spacial score (nSPS) is 13.6. The Balaban J connectivity index is 1.72. The van der Waals surface area contributed by atoms with Gasteiger partial charge in [-0.25, -0.2) is 4.98 Å².